The van der Waals surface area contributed by atoms with E-state index in [9.17, 15) is 9.90 Å². The van der Waals surface area contributed by atoms with Crippen molar-refractivity contribution in [1.82, 2.24) is 14.8 Å². The maximum atomic E-state index is 13.3. The molecular formula is C24H27N3O3. The van der Waals surface area contributed by atoms with Gasteiger partial charge in [0.15, 0.2) is 6.35 Å². The maximum Gasteiger partial charge on any atom is 0.243 e. The molecular weight excluding hydrogens is 378 g/mol. The number of aromatic amines is 1. The van der Waals surface area contributed by atoms with Crippen LogP contribution in [-0.4, -0.2) is 51.8 Å². The molecule has 1 aromatic heterocycles. The molecule has 30 heavy (non-hydrogen) atoms. The summed E-state index contributed by atoms with van der Waals surface area (Å²) >= 11 is 0. The molecule has 0 spiro atoms. The van der Waals surface area contributed by atoms with Crippen LogP contribution < -0.4 is 4.74 Å². The van der Waals surface area contributed by atoms with Gasteiger partial charge in [0.25, 0.3) is 0 Å². The van der Waals surface area contributed by atoms with E-state index in [1.54, 1.807) is 12.0 Å². The second-order valence-electron chi connectivity index (χ2n) is 8.14. The first kappa shape index (κ1) is 19.2. The zero-order chi connectivity index (χ0) is 20.8. The molecule has 1 saturated heterocycles. The van der Waals surface area contributed by atoms with E-state index >= 15 is 0 Å². The van der Waals surface area contributed by atoms with Gasteiger partial charge < -0.3 is 19.7 Å². The Balaban J connectivity index is 1.65. The number of para-hydroxylation sites is 1. The van der Waals surface area contributed by atoms with Crippen LogP contribution in [0.25, 0.3) is 10.9 Å². The van der Waals surface area contributed by atoms with Gasteiger partial charge >= 0.3 is 0 Å². The van der Waals surface area contributed by atoms with Gasteiger partial charge in [-0.05, 0) is 42.2 Å². The van der Waals surface area contributed by atoms with E-state index in [1.165, 1.54) is 5.56 Å². The number of amides is 1. The molecule has 3 aromatic rings. The average Bonchev–Trinajstić information content (AvgIpc) is 3.26. The van der Waals surface area contributed by atoms with E-state index in [0.29, 0.717) is 13.0 Å². The van der Waals surface area contributed by atoms with Gasteiger partial charge in [0.2, 0.25) is 5.91 Å². The maximum absolute atomic E-state index is 13.3. The Bertz CT molecular complexity index is 1070. The number of aliphatic hydroxyl groups is 1. The number of H-pyrrole nitrogens is 1. The highest BCUT2D eigenvalue weighted by molar-refractivity contribution is 5.90. The van der Waals surface area contributed by atoms with Crippen molar-refractivity contribution >= 4 is 16.8 Å². The van der Waals surface area contributed by atoms with Crippen LogP contribution in [-0.2, 0) is 11.2 Å². The van der Waals surface area contributed by atoms with Gasteiger partial charge in [-0.15, -0.1) is 0 Å². The van der Waals surface area contributed by atoms with E-state index in [0.717, 1.165) is 40.8 Å². The first-order valence-corrected chi connectivity index (χ1v) is 10.6. The molecule has 2 aliphatic heterocycles. The molecule has 2 aliphatic rings. The molecule has 0 radical (unpaired) electrons. The van der Waals surface area contributed by atoms with Crippen molar-refractivity contribution in [3.05, 3.63) is 65.4 Å². The molecule has 1 amide bonds. The zero-order valence-corrected chi connectivity index (χ0v) is 17.3. The number of nitrogens with one attached hydrogen (secondary N) is 1. The summed E-state index contributed by atoms with van der Waals surface area (Å²) in [6.07, 6.45) is 1.53. The standard InChI is InChI=1S/C24H27N3O3/c1-3-4-13-26-23(28)20-14-18-17-7-5-6-8-19(17)25-21(18)22(27(20)24(26)29)15-9-11-16(30-2)12-10-15/h5-12,20,22,24-25,29H,3-4,13-14H2,1-2H3. The largest absolute Gasteiger partial charge is 0.497 e. The monoisotopic (exact) mass is 405 g/mol. The molecule has 3 heterocycles. The summed E-state index contributed by atoms with van der Waals surface area (Å²) in [5, 5.41) is 12.4. The summed E-state index contributed by atoms with van der Waals surface area (Å²) in [6, 6.07) is 15.5. The molecule has 2 aromatic carbocycles. The Morgan fingerprint density at radius 3 is 2.67 bits per heavy atom. The number of methoxy groups -OCH3 is 1. The fourth-order valence-corrected chi connectivity index (χ4v) is 4.96. The lowest BCUT2D eigenvalue weighted by Gasteiger charge is -2.38. The Morgan fingerprint density at radius 2 is 1.93 bits per heavy atom. The number of aromatic nitrogens is 1. The summed E-state index contributed by atoms with van der Waals surface area (Å²) in [6.45, 7) is 2.67. The lowest BCUT2D eigenvalue weighted by molar-refractivity contribution is -0.135. The molecule has 5 rings (SSSR count). The second kappa shape index (κ2) is 7.45. The van der Waals surface area contributed by atoms with Crippen LogP contribution in [0.3, 0.4) is 0 Å². The minimum Gasteiger partial charge on any atom is -0.497 e. The number of aliphatic hydroxyl groups excluding tert-OH is 1. The fourth-order valence-electron chi connectivity index (χ4n) is 4.96. The third-order valence-corrected chi connectivity index (χ3v) is 6.47. The Morgan fingerprint density at radius 1 is 1.17 bits per heavy atom. The molecule has 1 fully saturated rings. The topological polar surface area (TPSA) is 68.8 Å². The van der Waals surface area contributed by atoms with Crippen LogP contribution in [0.5, 0.6) is 5.75 Å². The quantitative estimate of drug-likeness (QED) is 0.683. The molecule has 3 atom stereocenters. The highest BCUT2D eigenvalue weighted by Crippen LogP contribution is 2.45. The molecule has 3 unspecified atom stereocenters. The highest BCUT2D eigenvalue weighted by atomic mass is 16.5. The number of unbranched alkanes of at least 4 members (excludes halogenated alkanes) is 1. The van der Waals surface area contributed by atoms with Crippen LogP contribution in [0.4, 0.5) is 0 Å². The number of fused-ring (bicyclic) bond motifs is 4. The third kappa shape index (κ3) is 2.82. The minimum absolute atomic E-state index is 0.0189. The first-order chi connectivity index (χ1) is 14.6. The van der Waals surface area contributed by atoms with Crippen molar-refractivity contribution in [2.24, 2.45) is 0 Å². The summed E-state index contributed by atoms with van der Waals surface area (Å²) in [5.41, 5.74) is 4.32. The van der Waals surface area contributed by atoms with Gasteiger partial charge in [0.1, 0.15) is 5.75 Å². The van der Waals surface area contributed by atoms with Gasteiger partial charge in [0.05, 0.1) is 19.2 Å². The molecule has 0 saturated carbocycles. The number of hydrogen-bond acceptors (Lipinski definition) is 4. The number of rotatable bonds is 5. The van der Waals surface area contributed by atoms with Crippen LogP contribution >= 0.6 is 0 Å². The van der Waals surface area contributed by atoms with Crippen LogP contribution in [0.2, 0.25) is 0 Å². The first-order valence-electron chi connectivity index (χ1n) is 10.6. The van der Waals surface area contributed by atoms with Crippen LogP contribution in [0.15, 0.2) is 48.5 Å². The van der Waals surface area contributed by atoms with Gasteiger partial charge in [-0.25, -0.2) is 4.90 Å². The van der Waals surface area contributed by atoms with Crippen molar-refractivity contribution in [2.75, 3.05) is 13.7 Å². The van der Waals surface area contributed by atoms with Crippen molar-refractivity contribution in [3.63, 3.8) is 0 Å². The van der Waals surface area contributed by atoms with Gasteiger partial charge in [-0.3, -0.25) is 4.79 Å². The number of carbonyl (C=O) groups is 1. The molecule has 2 N–H and O–H groups in total. The molecule has 6 nitrogen and oxygen atoms in total. The SMILES string of the molecule is CCCCN1C(=O)C2Cc3c([nH]c4ccccc34)C(c3ccc(OC)cc3)N2C1O. The molecule has 0 bridgehead atoms. The van der Waals surface area contributed by atoms with Crippen molar-refractivity contribution < 1.29 is 14.6 Å². The predicted molar refractivity (Wildman–Crippen MR) is 115 cm³/mol. The van der Waals surface area contributed by atoms with Gasteiger partial charge in [-0.1, -0.05) is 43.7 Å². The smallest absolute Gasteiger partial charge is 0.243 e. The average molecular weight is 405 g/mol. The summed E-state index contributed by atoms with van der Waals surface area (Å²) < 4.78 is 5.33. The third-order valence-electron chi connectivity index (χ3n) is 6.47. The van der Waals surface area contributed by atoms with Crippen molar-refractivity contribution in [2.45, 2.75) is 44.6 Å². The van der Waals surface area contributed by atoms with Gasteiger partial charge in [0, 0.05) is 23.1 Å². The van der Waals surface area contributed by atoms with E-state index in [4.69, 9.17) is 4.74 Å². The summed E-state index contributed by atoms with van der Waals surface area (Å²) in [4.78, 5) is 20.5. The molecule has 6 heteroatoms. The number of nitrogens with zero attached hydrogens (tertiary/aromatic N) is 2. The highest BCUT2D eigenvalue weighted by Gasteiger charge is 2.52. The van der Waals surface area contributed by atoms with E-state index in [-0.39, 0.29) is 18.0 Å². The van der Waals surface area contributed by atoms with Gasteiger partial charge in [-0.2, -0.15) is 0 Å². The molecule has 0 aliphatic carbocycles. The van der Waals surface area contributed by atoms with E-state index in [2.05, 4.69) is 24.0 Å². The Hall–Kier alpha value is -2.83. The van der Waals surface area contributed by atoms with E-state index < -0.39 is 6.35 Å². The van der Waals surface area contributed by atoms with Crippen LogP contribution in [0.1, 0.15) is 42.6 Å². The lowest BCUT2D eigenvalue weighted by atomic mass is 9.89. The number of hydrogen-bond donors (Lipinski definition) is 2. The Kier molecular flexibility index (Phi) is 4.76. The fraction of sp³-hybridized carbons (Fsp3) is 0.375. The zero-order valence-electron chi connectivity index (χ0n) is 17.3. The van der Waals surface area contributed by atoms with Crippen molar-refractivity contribution in [3.8, 4) is 5.75 Å². The Labute approximate surface area is 176 Å². The number of ether oxygens (including phenoxy) is 1. The van der Waals surface area contributed by atoms with Crippen LogP contribution in [0, 0.1) is 0 Å². The lowest BCUT2D eigenvalue weighted by Crippen LogP contribution is -2.46. The predicted octanol–water partition coefficient (Wildman–Crippen LogP) is 3.41. The number of benzene rings is 2. The summed E-state index contributed by atoms with van der Waals surface area (Å²) in [7, 11) is 1.65. The van der Waals surface area contributed by atoms with Crippen molar-refractivity contribution in [1.29, 1.82) is 0 Å². The second-order valence-corrected chi connectivity index (χ2v) is 8.14. The molecule has 156 valence electrons. The normalized spacial score (nSPS) is 23.6. The number of carbonyl (C=O) groups excluding carboxylic acids is 1. The minimum atomic E-state index is -0.930. The van der Waals surface area contributed by atoms with E-state index in [1.807, 2.05) is 41.3 Å². The summed E-state index contributed by atoms with van der Waals surface area (Å²) in [5.74, 6) is 0.802.